The molecule has 2 aromatic rings. The zero-order valence-electron chi connectivity index (χ0n) is 16.8. The van der Waals surface area contributed by atoms with Crippen LogP contribution < -0.4 is 0 Å². The van der Waals surface area contributed by atoms with Crippen molar-refractivity contribution in [2.45, 2.75) is 38.5 Å². The van der Waals surface area contributed by atoms with Crippen LogP contribution in [-0.2, 0) is 16.4 Å². The second-order valence-corrected chi connectivity index (χ2v) is 9.33. The van der Waals surface area contributed by atoms with Gasteiger partial charge in [0.05, 0.1) is 4.90 Å². The minimum Gasteiger partial charge on any atom is -0.336 e. The van der Waals surface area contributed by atoms with Crippen molar-refractivity contribution in [3.63, 3.8) is 0 Å². The van der Waals surface area contributed by atoms with Crippen LogP contribution in [0.1, 0.15) is 40.4 Å². The number of carbonyl (C=O) groups excluding carboxylic acids is 1. The fourth-order valence-electron chi connectivity index (χ4n) is 3.45. The standard InChI is InChI=1S/C22H28N2O3S/c1-4-5-19-7-10-21(11-8-19)28(26,27)24-14-12-23(13-15-24)22(25)20-9-6-17(2)18(3)16-20/h6-11,16H,4-5,12-15H2,1-3H3. The first-order chi connectivity index (χ1) is 13.3. The van der Waals surface area contributed by atoms with E-state index in [0.717, 1.165) is 29.5 Å². The van der Waals surface area contributed by atoms with Crippen LogP contribution in [0.4, 0.5) is 0 Å². The van der Waals surface area contributed by atoms with Gasteiger partial charge in [-0.15, -0.1) is 0 Å². The van der Waals surface area contributed by atoms with Gasteiger partial charge in [0.1, 0.15) is 0 Å². The molecule has 6 heteroatoms. The van der Waals surface area contributed by atoms with Crippen molar-refractivity contribution in [3.05, 3.63) is 64.7 Å². The predicted molar refractivity (Wildman–Crippen MR) is 111 cm³/mol. The zero-order chi connectivity index (χ0) is 20.3. The van der Waals surface area contributed by atoms with Gasteiger partial charge < -0.3 is 4.90 Å². The van der Waals surface area contributed by atoms with Crippen LogP contribution in [0, 0.1) is 13.8 Å². The number of nitrogens with zero attached hydrogens (tertiary/aromatic N) is 2. The maximum Gasteiger partial charge on any atom is 0.253 e. The summed E-state index contributed by atoms with van der Waals surface area (Å²) in [7, 11) is -3.52. The van der Waals surface area contributed by atoms with Gasteiger partial charge in [-0.1, -0.05) is 31.5 Å². The van der Waals surface area contributed by atoms with E-state index < -0.39 is 10.0 Å². The molecule has 0 spiro atoms. The summed E-state index contributed by atoms with van der Waals surface area (Å²) in [4.78, 5) is 14.8. The Kier molecular flexibility index (Phi) is 6.20. The Bertz CT molecular complexity index is 944. The summed E-state index contributed by atoms with van der Waals surface area (Å²) < 4.78 is 27.3. The minimum absolute atomic E-state index is 0.0379. The normalized spacial score (nSPS) is 15.6. The number of rotatable bonds is 5. The number of amides is 1. The first kappa shape index (κ1) is 20.6. The average Bonchev–Trinajstić information content (AvgIpc) is 2.70. The largest absolute Gasteiger partial charge is 0.336 e. The molecule has 0 aromatic heterocycles. The van der Waals surface area contributed by atoms with Crippen LogP contribution in [0.15, 0.2) is 47.4 Å². The Hall–Kier alpha value is -2.18. The maximum atomic E-state index is 12.9. The lowest BCUT2D eigenvalue weighted by molar-refractivity contribution is 0.0698. The Morgan fingerprint density at radius 3 is 2.14 bits per heavy atom. The van der Waals surface area contributed by atoms with Crippen LogP contribution >= 0.6 is 0 Å². The van der Waals surface area contributed by atoms with Gasteiger partial charge >= 0.3 is 0 Å². The summed E-state index contributed by atoms with van der Waals surface area (Å²) in [6, 6.07) is 12.8. The van der Waals surface area contributed by atoms with E-state index in [0.29, 0.717) is 36.6 Å². The van der Waals surface area contributed by atoms with E-state index in [9.17, 15) is 13.2 Å². The highest BCUT2D eigenvalue weighted by Crippen LogP contribution is 2.20. The van der Waals surface area contributed by atoms with Gasteiger partial charge in [0.25, 0.3) is 5.91 Å². The van der Waals surface area contributed by atoms with E-state index >= 15 is 0 Å². The number of hydrogen-bond donors (Lipinski definition) is 0. The van der Waals surface area contributed by atoms with Crippen molar-refractivity contribution >= 4 is 15.9 Å². The topological polar surface area (TPSA) is 57.7 Å². The molecule has 1 fully saturated rings. The fraction of sp³-hybridized carbons (Fsp3) is 0.409. The Balaban J connectivity index is 1.66. The molecule has 1 aliphatic rings. The van der Waals surface area contributed by atoms with Crippen molar-refractivity contribution in [3.8, 4) is 0 Å². The van der Waals surface area contributed by atoms with Crippen LogP contribution in [0.25, 0.3) is 0 Å². The van der Waals surface area contributed by atoms with Crippen molar-refractivity contribution in [2.24, 2.45) is 0 Å². The maximum absolute atomic E-state index is 12.9. The third kappa shape index (κ3) is 4.28. The molecule has 0 N–H and O–H groups in total. The summed E-state index contributed by atoms with van der Waals surface area (Å²) in [5.41, 5.74) is 4.03. The van der Waals surface area contributed by atoms with E-state index in [1.807, 2.05) is 44.2 Å². The summed E-state index contributed by atoms with van der Waals surface area (Å²) in [6.45, 7) is 7.54. The molecule has 1 saturated heterocycles. The van der Waals surface area contributed by atoms with E-state index in [1.54, 1.807) is 17.0 Å². The Morgan fingerprint density at radius 1 is 0.929 bits per heavy atom. The second kappa shape index (κ2) is 8.45. The predicted octanol–water partition coefficient (Wildman–Crippen LogP) is 3.40. The SMILES string of the molecule is CCCc1ccc(S(=O)(=O)N2CCN(C(=O)c3ccc(C)c(C)c3)CC2)cc1. The first-order valence-electron chi connectivity index (χ1n) is 9.78. The molecule has 1 aliphatic heterocycles. The number of benzene rings is 2. The molecule has 0 unspecified atom stereocenters. The first-order valence-corrected chi connectivity index (χ1v) is 11.2. The summed E-state index contributed by atoms with van der Waals surface area (Å²) in [5.74, 6) is -0.0379. The quantitative estimate of drug-likeness (QED) is 0.773. The van der Waals surface area contributed by atoms with Crippen LogP contribution in [-0.4, -0.2) is 49.7 Å². The highest BCUT2D eigenvalue weighted by atomic mass is 32.2. The third-order valence-electron chi connectivity index (χ3n) is 5.38. The molecule has 0 aliphatic carbocycles. The third-order valence-corrected chi connectivity index (χ3v) is 7.29. The van der Waals surface area contributed by atoms with Gasteiger partial charge in [-0.2, -0.15) is 4.31 Å². The van der Waals surface area contributed by atoms with E-state index in [4.69, 9.17) is 0 Å². The smallest absolute Gasteiger partial charge is 0.253 e. The second-order valence-electron chi connectivity index (χ2n) is 7.39. The van der Waals surface area contributed by atoms with Gasteiger partial charge in [-0.05, 0) is 61.2 Å². The zero-order valence-corrected chi connectivity index (χ0v) is 17.6. The molecule has 5 nitrogen and oxygen atoms in total. The van der Waals surface area contributed by atoms with Crippen molar-refractivity contribution in [1.29, 1.82) is 0 Å². The molecular weight excluding hydrogens is 372 g/mol. The lowest BCUT2D eigenvalue weighted by atomic mass is 10.1. The molecule has 0 radical (unpaired) electrons. The molecule has 0 saturated carbocycles. The molecular formula is C22H28N2O3S. The van der Waals surface area contributed by atoms with Gasteiger partial charge in [0.15, 0.2) is 0 Å². The fourth-order valence-corrected chi connectivity index (χ4v) is 4.88. The van der Waals surface area contributed by atoms with Crippen LogP contribution in [0.5, 0.6) is 0 Å². The van der Waals surface area contributed by atoms with Gasteiger partial charge in [0, 0.05) is 31.7 Å². The molecule has 1 amide bonds. The van der Waals surface area contributed by atoms with E-state index in [2.05, 4.69) is 6.92 Å². The van der Waals surface area contributed by atoms with Gasteiger partial charge in [-0.25, -0.2) is 8.42 Å². The minimum atomic E-state index is -3.52. The van der Waals surface area contributed by atoms with Crippen LogP contribution in [0.2, 0.25) is 0 Å². The van der Waals surface area contributed by atoms with Crippen molar-refractivity contribution in [2.75, 3.05) is 26.2 Å². The van der Waals surface area contributed by atoms with Gasteiger partial charge in [-0.3, -0.25) is 4.79 Å². The summed E-state index contributed by atoms with van der Waals surface area (Å²) in [6.07, 6.45) is 1.97. The Labute approximate surface area is 168 Å². The lowest BCUT2D eigenvalue weighted by Gasteiger charge is -2.34. The molecule has 0 bridgehead atoms. The number of carbonyl (C=O) groups is 1. The summed E-state index contributed by atoms with van der Waals surface area (Å²) in [5, 5.41) is 0. The van der Waals surface area contributed by atoms with Crippen LogP contribution in [0.3, 0.4) is 0 Å². The highest BCUT2D eigenvalue weighted by molar-refractivity contribution is 7.89. The van der Waals surface area contributed by atoms with Crippen molar-refractivity contribution in [1.82, 2.24) is 9.21 Å². The molecule has 1 heterocycles. The van der Waals surface area contributed by atoms with E-state index in [-0.39, 0.29) is 5.91 Å². The van der Waals surface area contributed by atoms with E-state index in [1.165, 1.54) is 4.31 Å². The van der Waals surface area contributed by atoms with Gasteiger partial charge in [0.2, 0.25) is 10.0 Å². The molecule has 150 valence electrons. The molecule has 0 atom stereocenters. The molecule has 28 heavy (non-hydrogen) atoms. The number of aryl methyl sites for hydroxylation is 3. The lowest BCUT2D eigenvalue weighted by Crippen LogP contribution is -2.50. The number of sulfonamides is 1. The number of hydrogen-bond acceptors (Lipinski definition) is 3. The summed E-state index contributed by atoms with van der Waals surface area (Å²) >= 11 is 0. The number of piperazine rings is 1. The molecule has 2 aromatic carbocycles. The Morgan fingerprint density at radius 2 is 1.57 bits per heavy atom. The monoisotopic (exact) mass is 400 g/mol. The highest BCUT2D eigenvalue weighted by Gasteiger charge is 2.30. The van der Waals surface area contributed by atoms with Crippen molar-refractivity contribution < 1.29 is 13.2 Å². The average molecular weight is 401 g/mol. The molecule has 3 rings (SSSR count).